The lowest BCUT2D eigenvalue weighted by Gasteiger charge is -2.22. The predicted octanol–water partition coefficient (Wildman–Crippen LogP) is 3.12. The summed E-state index contributed by atoms with van der Waals surface area (Å²) >= 11 is 0. The normalized spacial score (nSPS) is 25.4. The van der Waals surface area contributed by atoms with Gasteiger partial charge in [-0.1, -0.05) is 27.2 Å². The highest BCUT2D eigenvalue weighted by Gasteiger charge is 2.25. The molecule has 1 fully saturated rings. The third-order valence-corrected chi connectivity index (χ3v) is 4.18. The molecule has 1 aliphatic rings. The number of hydrogen-bond acceptors (Lipinski definition) is 2. The SMILES string of the molecule is CC(N)CCCC(C)CN1CCC(C(C)C)C1. The molecule has 2 nitrogen and oxygen atoms in total. The van der Waals surface area contributed by atoms with Crippen LogP contribution in [0.25, 0.3) is 0 Å². The lowest BCUT2D eigenvalue weighted by molar-refractivity contribution is 0.256. The summed E-state index contributed by atoms with van der Waals surface area (Å²) in [5, 5.41) is 0. The van der Waals surface area contributed by atoms with E-state index < -0.39 is 0 Å². The second-order valence-corrected chi connectivity index (χ2v) is 6.57. The second kappa shape index (κ2) is 7.38. The zero-order valence-corrected chi connectivity index (χ0v) is 12.3. The quantitative estimate of drug-likeness (QED) is 0.741. The van der Waals surface area contributed by atoms with E-state index in [4.69, 9.17) is 5.73 Å². The first-order chi connectivity index (χ1) is 7.99. The van der Waals surface area contributed by atoms with Gasteiger partial charge in [0.25, 0.3) is 0 Å². The second-order valence-electron chi connectivity index (χ2n) is 6.57. The summed E-state index contributed by atoms with van der Waals surface area (Å²) < 4.78 is 0. The Balaban J connectivity index is 2.13. The molecule has 17 heavy (non-hydrogen) atoms. The molecule has 2 N–H and O–H groups in total. The van der Waals surface area contributed by atoms with Crippen molar-refractivity contribution in [2.45, 2.75) is 59.4 Å². The molecule has 0 radical (unpaired) electrons. The van der Waals surface area contributed by atoms with Crippen LogP contribution in [0.1, 0.15) is 53.4 Å². The standard InChI is InChI=1S/C15H32N2/c1-12(2)15-8-9-17(11-15)10-13(3)6-5-7-14(4)16/h12-15H,5-11,16H2,1-4H3. The Labute approximate surface area is 108 Å². The van der Waals surface area contributed by atoms with Crippen molar-refractivity contribution in [2.75, 3.05) is 19.6 Å². The molecule has 0 aromatic rings. The fourth-order valence-electron chi connectivity index (χ4n) is 2.89. The summed E-state index contributed by atoms with van der Waals surface area (Å²) in [6.45, 7) is 13.2. The van der Waals surface area contributed by atoms with Gasteiger partial charge in [0.2, 0.25) is 0 Å². The van der Waals surface area contributed by atoms with Gasteiger partial charge in [-0.3, -0.25) is 0 Å². The third-order valence-electron chi connectivity index (χ3n) is 4.18. The van der Waals surface area contributed by atoms with Gasteiger partial charge in [0.05, 0.1) is 0 Å². The predicted molar refractivity (Wildman–Crippen MR) is 76.0 cm³/mol. The van der Waals surface area contributed by atoms with Gasteiger partial charge in [-0.05, 0) is 50.5 Å². The van der Waals surface area contributed by atoms with Gasteiger partial charge < -0.3 is 10.6 Å². The van der Waals surface area contributed by atoms with Crippen LogP contribution in [0.4, 0.5) is 0 Å². The van der Waals surface area contributed by atoms with Crippen molar-refractivity contribution < 1.29 is 0 Å². The van der Waals surface area contributed by atoms with E-state index in [1.807, 2.05) is 0 Å². The van der Waals surface area contributed by atoms with Crippen molar-refractivity contribution in [2.24, 2.45) is 23.5 Å². The summed E-state index contributed by atoms with van der Waals surface area (Å²) in [5.41, 5.74) is 5.78. The van der Waals surface area contributed by atoms with Crippen LogP contribution in [0.2, 0.25) is 0 Å². The number of nitrogens with two attached hydrogens (primary N) is 1. The topological polar surface area (TPSA) is 29.3 Å². The molecule has 3 atom stereocenters. The summed E-state index contributed by atoms with van der Waals surface area (Å²) in [5.74, 6) is 2.62. The molecule has 2 heteroatoms. The van der Waals surface area contributed by atoms with Crippen LogP contribution in [0.15, 0.2) is 0 Å². The number of hydrogen-bond donors (Lipinski definition) is 1. The minimum Gasteiger partial charge on any atom is -0.328 e. The van der Waals surface area contributed by atoms with Crippen molar-refractivity contribution in [3.8, 4) is 0 Å². The molecular weight excluding hydrogens is 208 g/mol. The molecule has 102 valence electrons. The van der Waals surface area contributed by atoms with Crippen molar-refractivity contribution in [3.05, 3.63) is 0 Å². The fraction of sp³-hybridized carbons (Fsp3) is 1.00. The molecule has 3 unspecified atom stereocenters. The summed E-state index contributed by atoms with van der Waals surface area (Å²) in [7, 11) is 0. The number of likely N-dealkylation sites (tertiary alicyclic amines) is 1. The van der Waals surface area contributed by atoms with E-state index in [-0.39, 0.29) is 0 Å². The Bertz CT molecular complexity index is 201. The molecule has 0 saturated carbocycles. The van der Waals surface area contributed by atoms with E-state index in [0.717, 1.165) is 17.8 Å². The van der Waals surface area contributed by atoms with Crippen molar-refractivity contribution in [1.82, 2.24) is 4.90 Å². The zero-order valence-electron chi connectivity index (χ0n) is 12.3. The van der Waals surface area contributed by atoms with E-state index in [1.165, 1.54) is 45.3 Å². The monoisotopic (exact) mass is 240 g/mol. The number of nitrogens with zero attached hydrogens (tertiary/aromatic N) is 1. The van der Waals surface area contributed by atoms with Crippen molar-refractivity contribution in [3.63, 3.8) is 0 Å². The molecule has 1 aliphatic heterocycles. The van der Waals surface area contributed by atoms with E-state index in [9.17, 15) is 0 Å². The van der Waals surface area contributed by atoms with Crippen LogP contribution in [0.3, 0.4) is 0 Å². The number of rotatable bonds is 7. The summed E-state index contributed by atoms with van der Waals surface area (Å²) in [6, 6.07) is 0.374. The van der Waals surface area contributed by atoms with Crippen LogP contribution in [0, 0.1) is 17.8 Å². The van der Waals surface area contributed by atoms with Gasteiger partial charge in [0.15, 0.2) is 0 Å². The van der Waals surface area contributed by atoms with Gasteiger partial charge in [-0.25, -0.2) is 0 Å². The van der Waals surface area contributed by atoms with E-state index in [1.54, 1.807) is 0 Å². The first kappa shape index (κ1) is 15.0. The Morgan fingerprint density at radius 2 is 1.88 bits per heavy atom. The van der Waals surface area contributed by atoms with Crippen LogP contribution >= 0.6 is 0 Å². The van der Waals surface area contributed by atoms with Gasteiger partial charge >= 0.3 is 0 Å². The maximum atomic E-state index is 5.78. The largest absolute Gasteiger partial charge is 0.328 e. The molecule has 0 aliphatic carbocycles. The fourth-order valence-corrected chi connectivity index (χ4v) is 2.89. The molecular formula is C15H32N2. The molecule has 1 heterocycles. The van der Waals surface area contributed by atoms with Gasteiger partial charge in [-0.15, -0.1) is 0 Å². The highest BCUT2D eigenvalue weighted by molar-refractivity contribution is 4.78. The molecule has 0 aromatic carbocycles. The highest BCUT2D eigenvalue weighted by atomic mass is 15.1. The first-order valence-corrected chi connectivity index (χ1v) is 7.47. The third kappa shape index (κ3) is 5.87. The first-order valence-electron chi connectivity index (χ1n) is 7.47. The molecule has 1 saturated heterocycles. The van der Waals surface area contributed by atoms with Crippen LogP contribution < -0.4 is 5.73 Å². The van der Waals surface area contributed by atoms with Crippen LogP contribution in [0.5, 0.6) is 0 Å². The lowest BCUT2D eigenvalue weighted by Crippen LogP contribution is -2.27. The smallest absolute Gasteiger partial charge is 0.00127 e. The molecule has 0 amide bonds. The maximum Gasteiger partial charge on any atom is 0.00127 e. The molecule has 0 bridgehead atoms. The Hall–Kier alpha value is -0.0800. The molecule has 0 spiro atoms. The minimum atomic E-state index is 0.374. The average molecular weight is 240 g/mol. The molecule has 1 rings (SSSR count). The Morgan fingerprint density at radius 1 is 1.18 bits per heavy atom. The van der Waals surface area contributed by atoms with Crippen molar-refractivity contribution >= 4 is 0 Å². The Morgan fingerprint density at radius 3 is 2.41 bits per heavy atom. The van der Waals surface area contributed by atoms with E-state index in [0.29, 0.717) is 6.04 Å². The van der Waals surface area contributed by atoms with Gasteiger partial charge in [-0.2, -0.15) is 0 Å². The van der Waals surface area contributed by atoms with Gasteiger partial charge in [0.1, 0.15) is 0 Å². The summed E-state index contributed by atoms with van der Waals surface area (Å²) in [6.07, 6.45) is 5.22. The maximum absolute atomic E-state index is 5.78. The van der Waals surface area contributed by atoms with Crippen molar-refractivity contribution in [1.29, 1.82) is 0 Å². The zero-order chi connectivity index (χ0) is 12.8. The molecule has 0 aromatic heterocycles. The highest BCUT2D eigenvalue weighted by Crippen LogP contribution is 2.24. The van der Waals surface area contributed by atoms with Crippen LogP contribution in [-0.4, -0.2) is 30.6 Å². The van der Waals surface area contributed by atoms with E-state index in [2.05, 4.69) is 32.6 Å². The minimum absolute atomic E-state index is 0.374. The van der Waals surface area contributed by atoms with Crippen LogP contribution in [-0.2, 0) is 0 Å². The summed E-state index contributed by atoms with van der Waals surface area (Å²) in [4.78, 5) is 2.67. The van der Waals surface area contributed by atoms with Gasteiger partial charge in [0, 0.05) is 19.1 Å². The lowest BCUT2D eigenvalue weighted by atomic mass is 9.95. The average Bonchev–Trinajstić information content (AvgIpc) is 2.65. The Kier molecular flexibility index (Phi) is 6.50. The van der Waals surface area contributed by atoms with E-state index >= 15 is 0 Å².